The van der Waals surface area contributed by atoms with Crippen LogP contribution in [0.3, 0.4) is 0 Å². The fraction of sp³-hybridized carbons (Fsp3) is 0.250. The van der Waals surface area contributed by atoms with Gasteiger partial charge in [-0.05, 0) is 67.0 Å². The second-order valence-corrected chi connectivity index (χ2v) is 11.3. The van der Waals surface area contributed by atoms with Crippen molar-refractivity contribution in [3.05, 3.63) is 108 Å². The summed E-state index contributed by atoms with van der Waals surface area (Å²) in [6.45, 7) is 5.38. The summed E-state index contributed by atoms with van der Waals surface area (Å²) >= 11 is 0. The minimum atomic E-state index is -0.396. The highest BCUT2D eigenvalue weighted by atomic mass is 16.5. The van der Waals surface area contributed by atoms with Crippen molar-refractivity contribution in [3.63, 3.8) is 0 Å². The summed E-state index contributed by atoms with van der Waals surface area (Å²) in [6, 6.07) is 27.7. The second kappa shape index (κ2) is 11.2. The van der Waals surface area contributed by atoms with Crippen LogP contribution in [0, 0.1) is 19.8 Å². The molecule has 7 heteroatoms. The minimum Gasteiger partial charge on any atom is -0.465 e. The van der Waals surface area contributed by atoms with Gasteiger partial charge in [0.15, 0.2) is 0 Å². The van der Waals surface area contributed by atoms with Crippen molar-refractivity contribution in [3.8, 4) is 22.3 Å². The van der Waals surface area contributed by atoms with Crippen molar-refractivity contribution in [1.82, 2.24) is 14.7 Å². The Kier molecular flexibility index (Phi) is 7.03. The number of ether oxygens (including phenoxy) is 2. The Balaban J connectivity index is 1.44. The fourth-order valence-corrected chi connectivity index (χ4v) is 6.65. The van der Waals surface area contributed by atoms with E-state index >= 15 is 0 Å². The zero-order valence-electron chi connectivity index (χ0n) is 24.5. The van der Waals surface area contributed by atoms with Gasteiger partial charge < -0.3 is 18.6 Å². The van der Waals surface area contributed by atoms with Crippen LogP contribution in [-0.4, -0.2) is 41.0 Å². The predicted molar refractivity (Wildman–Crippen MR) is 167 cm³/mol. The number of pyridine rings is 1. The van der Waals surface area contributed by atoms with Gasteiger partial charge in [0.25, 0.3) is 0 Å². The van der Waals surface area contributed by atoms with Gasteiger partial charge in [-0.25, -0.2) is 4.79 Å². The lowest BCUT2D eigenvalue weighted by molar-refractivity contribution is 0.0553. The summed E-state index contributed by atoms with van der Waals surface area (Å²) in [7, 11) is 1.40. The van der Waals surface area contributed by atoms with Crippen molar-refractivity contribution in [2.75, 3.05) is 20.3 Å². The largest absolute Gasteiger partial charge is 0.465 e. The molecule has 7 nitrogen and oxygen atoms in total. The maximum absolute atomic E-state index is 12.6. The van der Waals surface area contributed by atoms with Crippen LogP contribution in [0.1, 0.15) is 46.3 Å². The van der Waals surface area contributed by atoms with Gasteiger partial charge in [-0.15, -0.1) is 0 Å². The molecule has 0 saturated carbocycles. The molecule has 3 aromatic carbocycles. The zero-order valence-corrected chi connectivity index (χ0v) is 24.5. The quantitative estimate of drug-likeness (QED) is 0.189. The Labute approximate surface area is 250 Å². The number of esters is 1. The van der Waals surface area contributed by atoms with Gasteiger partial charge >= 0.3 is 5.97 Å². The first-order valence-corrected chi connectivity index (χ1v) is 14.7. The highest BCUT2D eigenvalue weighted by Crippen LogP contribution is 2.41. The standard InChI is InChI=1S/C36H33N3O4/c1-22-33(23(2)43-38-22)25-11-9-24(10-12-25)28-13-14-30-31(19-28)39(32-20-29(36(40)41-3)21-37-34(30)32)35(26-7-5-4-6-8-26)27-15-17-42-18-16-27/h4-14,19-21,27,35H,15-18H2,1-3H3/t35-/m1/s1. The Morgan fingerprint density at radius 1 is 0.907 bits per heavy atom. The number of hydrogen-bond donors (Lipinski definition) is 0. The smallest absolute Gasteiger partial charge is 0.339 e. The fourth-order valence-electron chi connectivity index (χ4n) is 6.65. The van der Waals surface area contributed by atoms with E-state index in [4.69, 9.17) is 19.0 Å². The van der Waals surface area contributed by atoms with E-state index in [0.29, 0.717) is 11.5 Å². The third-order valence-electron chi connectivity index (χ3n) is 8.73. The zero-order chi connectivity index (χ0) is 29.5. The van der Waals surface area contributed by atoms with E-state index in [9.17, 15) is 4.79 Å². The lowest BCUT2D eigenvalue weighted by Crippen LogP contribution is -2.27. The summed E-state index contributed by atoms with van der Waals surface area (Å²) in [4.78, 5) is 17.4. The average Bonchev–Trinajstić information content (AvgIpc) is 3.56. The predicted octanol–water partition coefficient (Wildman–Crippen LogP) is 7.93. The molecule has 216 valence electrons. The van der Waals surface area contributed by atoms with Crippen LogP contribution in [-0.2, 0) is 9.47 Å². The number of carbonyl (C=O) groups excluding carboxylic acids is 1. The summed E-state index contributed by atoms with van der Waals surface area (Å²) < 4.78 is 18.7. The molecule has 0 aliphatic carbocycles. The van der Waals surface area contributed by atoms with Crippen LogP contribution in [0.2, 0.25) is 0 Å². The van der Waals surface area contributed by atoms with Crippen LogP contribution in [0.25, 0.3) is 44.2 Å². The molecule has 0 spiro atoms. The molecule has 3 aromatic heterocycles. The van der Waals surface area contributed by atoms with Crippen molar-refractivity contribution in [2.24, 2.45) is 5.92 Å². The normalized spacial score (nSPS) is 14.8. The van der Waals surface area contributed by atoms with Gasteiger partial charge in [0.1, 0.15) is 5.76 Å². The molecule has 7 rings (SSSR count). The number of benzene rings is 3. The van der Waals surface area contributed by atoms with Crippen molar-refractivity contribution < 1.29 is 18.8 Å². The van der Waals surface area contributed by atoms with Gasteiger partial charge in [-0.2, -0.15) is 0 Å². The first-order valence-electron chi connectivity index (χ1n) is 14.7. The summed E-state index contributed by atoms with van der Waals surface area (Å²) in [5.74, 6) is 0.775. The molecule has 1 fully saturated rings. The molecule has 4 heterocycles. The van der Waals surface area contributed by atoms with Gasteiger partial charge in [0.2, 0.25) is 0 Å². The number of carbonyl (C=O) groups is 1. The SMILES string of the molecule is COC(=O)c1cnc2c3ccc(-c4ccc(-c5c(C)noc5C)cc4)cc3n([C@H](c3ccccc3)C3CCOCC3)c2c1. The van der Waals surface area contributed by atoms with Crippen molar-refractivity contribution in [2.45, 2.75) is 32.7 Å². The molecule has 6 aromatic rings. The van der Waals surface area contributed by atoms with E-state index in [0.717, 1.165) is 81.7 Å². The maximum atomic E-state index is 12.6. The Morgan fingerprint density at radius 2 is 1.63 bits per heavy atom. The van der Waals surface area contributed by atoms with E-state index in [1.165, 1.54) is 12.7 Å². The first kappa shape index (κ1) is 27.1. The van der Waals surface area contributed by atoms with Crippen LogP contribution < -0.4 is 0 Å². The second-order valence-electron chi connectivity index (χ2n) is 11.3. The van der Waals surface area contributed by atoms with Gasteiger partial charge in [0, 0.05) is 30.4 Å². The van der Waals surface area contributed by atoms with E-state index in [2.05, 4.69) is 82.5 Å². The number of fused-ring (bicyclic) bond motifs is 3. The van der Waals surface area contributed by atoms with Crippen LogP contribution >= 0.6 is 0 Å². The van der Waals surface area contributed by atoms with E-state index in [1.807, 2.05) is 19.9 Å². The molecule has 1 atom stereocenters. The maximum Gasteiger partial charge on any atom is 0.339 e. The van der Waals surface area contributed by atoms with E-state index < -0.39 is 5.97 Å². The lowest BCUT2D eigenvalue weighted by atomic mass is 9.86. The first-order chi connectivity index (χ1) is 21.0. The third-order valence-corrected chi connectivity index (χ3v) is 8.73. The van der Waals surface area contributed by atoms with Crippen molar-refractivity contribution >= 4 is 27.9 Å². The molecule has 0 bridgehead atoms. The molecule has 0 N–H and O–H groups in total. The number of rotatable bonds is 6. The van der Waals surface area contributed by atoms with E-state index in [-0.39, 0.29) is 6.04 Å². The molecule has 0 radical (unpaired) electrons. The number of aromatic nitrogens is 3. The Hall–Kier alpha value is -4.75. The van der Waals surface area contributed by atoms with Crippen LogP contribution in [0.5, 0.6) is 0 Å². The minimum absolute atomic E-state index is 0.0389. The number of methoxy groups -OCH3 is 1. The number of hydrogen-bond acceptors (Lipinski definition) is 6. The number of nitrogens with zero attached hydrogens (tertiary/aromatic N) is 3. The molecule has 1 saturated heterocycles. The lowest BCUT2D eigenvalue weighted by Gasteiger charge is -2.33. The highest BCUT2D eigenvalue weighted by molar-refractivity contribution is 6.08. The highest BCUT2D eigenvalue weighted by Gasteiger charge is 2.30. The van der Waals surface area contributed by atoms with Gasteiger partial charge in [-0.1, -0.05) is 71.9 Å². The van der Waals surface area contributed by atoms with Crippen LogP contribution in [0.15, 0.2) is 89.6 Å². The molecule has 1 aliphatic heterocycles. The van der Waals surface area contributed by atoms with Crippen LogP contribution in [0.4, 0.5) is 0 Å². The topological polar surface area (TPSA) is 79.4 Å². The molecule has 0 amide bonds. The molecular formula is C36H33N3O4. The van der Waals surface area contributed by atoms with Gasteiger partial charge in [-0.3, -0.25) is 4.98 Å². The Bertz CT molecular complexity index is 1910. The van der Waals surface area contributed by atoms with Gasteiger partial charge in [0.05, 0.1) is 41.0 Å². The third kappa shape index (κ3) is 4.79. The average molecular weight is 572 g/mol. The van der Waals surface area contributed by atoms with Crippen molar-refractivity contribution in [1.29, 1.82) is 0 Å². The Morgan fingerprint density at radius 3 is 2.33 bits per heavy atom. The molecule has 0 unspecified atom stereocenters. The monoisotopic (exact) mass is 571 g/mol. The molecule has 43 heavy (non-hydrogen) atoms. The summed E-state index contributed by atoms with van der Waals surface area (Å²) in [5.41, 5.74) is 9.76. The number of aryl methyl sites for hydroxylation is 2. The van der Waals surface area contributed by atoms with E-state index in [1.54, 1.807) is 6.20 Å². The summed E-state index contributed by atoms with van der Waals surface area (Å²) in [5, 5.41) is 5.17. The molecular weight excluding hydrogens is 538 g/mol. The summed E-state index contributed by atoms with van der Waals surface area (Å²) in [6.07, 6.45) is 3.52. The molecule has 1 aliphatic rings.